The van der Waals surface area contributed by atoms with Gasteiger partial charge in [-0.3, -0.25) is 4.79 Å². The van der Waals surface area contributed by atoms with Crippen LogP contribution in [0.5, 0.6) is 0 Å². The molecule has 0 aliphatic heterocycles. The molecule has 0 aromatic rings. The maximum Gasteiger partial charge on any atom is 0.224 e. The van der Waals surface area contributed by atoms with E-state index in [2.05, 4.69) is 0 Å². The van der Waals surface area contributed by atoms with Crippen molar-refractivity contribution in [2.75, 3.05) is 0 Å². The van der Waals surface area contributed by atoms with E-state index < -0.39 is 5.56 Å². The van der Waals surface area contributed by atoms with Crippen molar-refractivity contribution in [2.24, 2.45) is 11.8 Å². The Morgan fingerprint density at radius 1 is 1.33 bits per heavy atom. The van der Waals surface area contributed by atoms with E-state index in [0.29, 0.717) is 0 Å². The SMILES string of the molecule is O=C(Cl)C1CCC(C(O)Cl)CC1. The van der Waals surface area contributed by atoms with Crippen LogP contribution in [0.15, 0.2) is 0 Å². The van der Waals surface area contributed by atoms with E-state index >= 15 is 0 Å². The first kappa shape index (κ1) is 10.3. The third kappa shape index (κ3) is 2.61. The summed E-state index contributed by atoms with van der Waals surface area (Å²) in [5.74, 6) is 0.122. The third-order valence-electron chi connectivity index (χ3n) is 2.48. The highest BCUT2D eigenvalue weighted by atomic mass is 35.5. The molecule has 0 aromatic carbocycles. The van der Waals surface area contributed by atoms with Crippen LogP contribution in [0.4, 0.5) is 0 Å². The summed E-state index contributed by atoms with van der Waals surface area (Å²) in [6.07, 6.45) is 3.12. The molecule has 12 heavy (non-hydrogen) atoms. The van der Waals surface area contributed by atoms with Crippen LogP contribution in [-0.2, 0) is 4.79 Å². The molecule has 1 atom stereocenters. The van der Waals surface area contributed by atoms with Crippen LogP contribution in [0.25, 0.3) is 0 Å². The number of aliphatic hydroxyl groups excluding tert-OH is 1. The van der Waals surface area contributed by atoms with Gasteiger partial charge < -0.3 is 5.11 Å². The summed E-state index contributed by atoms with van der Waals surface area (Å²) in [5.41, 5.74) is -0.767. The van der Waals surface area contributed by atoms with Crippen molar-refractivity contribution in [3.05, 3.63) is 0 Å². The van der Waals surface area contributed by atoms with Crippen LogP contribution >= 0.6 is 23.2 Å². The van der Waals surface area contributed by atoms with Crippen molar-refractivity contribution >= 4 is 28.4 Å². The summed E-state index contributed by atoms with van der Waals surface area (Å²) < 4.78 is 0. The van der Waals surface area contributed by atoms with Gasteiger partial charge in [0.15, 0.2) is 0 Å². The fraction of sp³-hybridized carbons (Fsp3) is 0.875. The van der Waals surface area contributed by atoms with Crippen LogP contribution < -0.4 is 0 Å². The molecular formula is C8H12Cl2O2. The Morgan fingerprint density at radius 3 is 2.17 bits per heavy atom. The molecule has 0 bridgehead atoms. The number of carbonyl (C=O) groups is 1. The lowest BCUT2D eigenvalue weighted by Gasteiger charge is -2.26. The molecule has 1 fully saturated rings. The highest BCUT2D eigenvalue weighted by Crippen LogP contribution is 2.32. The summed E-state index contributed by atoms with van der Waals surface area (Å²) in [4.78, 5) is 10.7. The fourth-order valence-electron chi connectivity index (χ4n) is 1.62. The molecule has 0 radical (unpaired) electrons. The average molecular weight is 211 g/mol. The van der Waals surface area contributed by atoms with Crippen molar-refractivity contribution in [1.82, 2.24) is 0 Å². The molecular weight excluding hydrogens is 199 g/mol. The first-order valence-electron chi connectivity index (χ1n) is 4.12. The molecule has 1 aliphatic carbocycles. The lowest BCUT2D eigenvalue weighted by Crippen LogP contribution is -2.24. The van der Waals surface area contributed by atoms with E-state index in [4.69, 9.17) is 28.3 Å². The molecule has 1 aliphatic rings. The number of rotatable bonds is 2. The maximum absolute atomic E-state index is 10.7. The largest absolute Gasteiger partial charge is 0.377 e. The predicted molar refractivity (Wildman–Crippen MR) is 48.2 cm³/mol. The van der Waals surface area contributed by atoms with Crippen molar-refractivity contribution in [2.45, 2.75) is 31.2 Å². The van der Waals surface area contributed by atoms with Crippen LogP contribution in [0.2, 0.25) is 0 Å². The smallest absolute Gasteiger partial charge is 0.224 e. The van der Waals surface area contributed by atoms with Crippen molar-refractivity contribution in [1.29, 1.82) is 0 Å². The first-order chi connectivity index (χ1) is 5.61. The third-order valence-corrected chi connectivity index (χ3v) is 3.15. The second kappa shape index (κ2) is 4.45. The van der Waals surface area contributed by atoms with Crippen LogP contribution in [-0.4, -0.2) is 15.9 Å². The van der Waals surface area contributed by atoms with E-state index in [9.17, 15) is 4.79 Å². The minimum absolute atomic E-state index is 0.0154. The Hall–Kier alpha value is 0.210. The second-order valence-electron chi connectivity index (χ2n) is 3.29. The molecule has 0 saturated heterocycles. The molecule has 1 unspecified atom stereocenters. The lowest BCUT2D eigenvalue weighted by atomic mass is 9.83. The zero-order chi connectivity index (χ0) is 9.14. The minimum atomic E-state index is -0.767. The van der Waals surface area contributed by atoms with E-state index in [0.717, 1.165) is 25.7 Å². The minimum Gasteiger partial charge on any atom is -0.377 e. The summed E-state index contributed by atoms with van der Waals surface area (Å²) in [5, 5.41) is 8.80. The second-order valence-corrected chi connectivity index (χ2v) is 4.11. The van der Waals surface area contributed by atoms with Crippen LogP contribution in [0.1, 0.15) is 25.7 Å². The topological polar surface area (TPSA) is 37.3 Å². The first-order valence-corrected chi connectivity index (χ1v) is 4.94. The van der Waals surface area contributed by atoms with Gasteiger partial charge in [0.05, 0.1) is 0 Å². The maximum atomic E-state index is 10.7. The Bertz CT molecular complexity index is 162. The Labute approximate surface area is 81.9 Å². The Kier molecular flexibility index (Phi) is 3.81. The van der Waals surface area contributed by atoms with Gasteiger partial charge in [-0.05, 0) is 43.2 Å². The highest BCUT2D eigenvalue weighted by molar-refractivity contribution is 6.63. The van der Waals surface area contributed by atoms with Gasteiger partial charge in [0.1, 0.15) is 5.56 Å². The van der Waals surface area contributed by atoms with Gasteiger partial charge in [-0.25, -0.2) is 0 Å². The summed E-state index contributed by atoms with van der Waals surface area (Å²) in [7, 11) is 0. The summed E-state index contributed by atoms with van der Waals surface area (Å²) >= 11 is 10.9. The van der Waals surface area contributed by atoms with Gasteiger partial charge in [-0.1, -0.05) is 11.6 Å². The van der Waals surface area contributed by atoms with E-state index in [1.54, 1.807) is 0 Å². The summed E-state index contributed by atoms with van der Waals surface area (Å²) in [6, 6.07) is 0. The molecule has 70 valence electrons. The number of alkyl halides is 1. The van der Waals surface area contributed by atoms with E-state index in [-0.39, 0.29) is 17.1 Å². The molecule has 4 heteroatoms. The van der Waals surface area contributed by atoms with Gasteiger partial charge in [0.2, 0.25) is 5.24 Å². The molecule has 0 heterocycles. The monoisotopic (exact) mass is 210 g/mol. The zero-order valence-corrected chi connectivity index (χ0v) is 8.18. The number of aliphatic hydroxyl groups is 1. The van der Waals surface area contributed by atoms with Gasteiger partial charge in [0, 0.05) is 5.92 Å². The van der Waals surface area contributed by atoms with E-state index in [1.165, 1.54) is 0 Å². The van der Waals surface area contributed by atoms with Gasteiger partial charge >= 0.3 is 0 Å². The molecule has 2 nitrogen and oxygen atoms in total. The quantitative estimate of drug-likeness (QED) is 0.561. The Balaban J connectivity index is 2.34. The van der Waals surface area contributed by atoms with Gasteiger partial charge in [-0.2, -0.15) is 0 Å². The zero-order valence-electron chi connectivity index (χ0n) is 6.67. The van der Waals surface area contributed by atoms with Crippen molar-refractivity contribution in [3.63, 3.8) is 0 Å². The normalized spacial score (nSPS) is 32.9. The fourth-order valence-corrected chi connectivity index (χ4v) is 2.09. The number of hydrogen-bond donors (Lipinski definition) is 1. The average Bonchev–Trinajstić information content (AvgIpc) is 2.04. The van der Waals surface area contributed by atoms with Crippen LogP contribution in [0.3, 0.4) is 0 Å². The van der Waals surface area contributed by atoms with Gasteiger partial charge in [0.25, 0.3) is 0 Å². The number of hydrogen-bond acceptors (Lipinski definition) is 2. The van der Waals surface area contributed by atoms with E-state index in [1.807, 2.05) is 0 Å². The standard InChI is InChI=1S/C8H12Cl2O2/c9-7(11)5-1-2-6(4-3-5)8(10)12/h5-7,11H,1-4H2. The summed E-state index contributed by atoms with van der Waals surface area (Å²) in [6.45, 7) is 0. The van der Waals surface area contributed by atoms with Crippen molar-refractivity contribution < 1.29 is 9.90 Å². The molecule has 1 rings (SSSR count). The van der Waals surface area contributed by atoms with Crippen molar-refractivity contribution in [3.8, 4) is 0 Å². The highest BCUT2D eigenvalue weighted by Gasteiger charge is 2.27. The number of halogens is 2. The molecule has 0 amide bonds. The molecule has 1 N–H and O–H groups in total. The predicted octanol–water partition coefficient (Wildman–Crippen LogP) is 2.12. The number of carbonyl (C=O) groups excluding carboxylic acids is 1. The molecule has 1 saturated carbocycles. The lowest BCUT2D eigenvalue weighted by molar-refractivity contribution is -0.116. The van der Waals surface area contributed by atoms with Crippen LogP contribution in [0, 0.1) is 11.8 Å². The van der Waals surface area contributed by atoms with Gasteiger partial charge in [-0.15, -0.1) is 0 Å². The molecule has 0 spiro atoms. The Morgan fingerprint density at radius 2 is 1.83 bits per heavy atom. The molecule has 0 aromatic heterocycles.